The molecule has 122 valence electrons. The molecule has 0 saturated carbocycles. The molecule has 0 aliphatic heterocycles. The highest BCUT2D eigenvalue weighted by Crippen LogP contribution is 2.26. The third-order valence-electron chi connectivity index (χ3n) is 3.43. The number of halogens is 1. The summed E-state index contributed by atoms with van der Waals surface area (Å²) in [5.74, 6) is 0.0928. The van der Waals surface area contributed by atoms with Gasteiger partial charge in [0.25, 0.3) is 0 Å². The van der Waals surface area contributed by atoms with Crippen molar-refractivity contribution in [1.82, 2.24) is 20.3 Å². The molecule has 8 nitrogen and oxygen atoms in total. The van der Waals surface area contributed by atoms with Crippen molar-refractivity contribution in [3.63, 3.8) is 0 Å². The fourth-order valence-corrected chi connectivity index (χ4v) is 2.33. The van der Waals surface area contributed by atoms with E-state index < -0.39 is 6.36 Å². The zero-order chi connectivity index (χ0) is 17.3. The highest BCUT2D eigenvalue weighted by molar-refractivity contribution is 5.85. The Labute approximate surface area is 136 Å². The molecule has 0 amide bonds. The molecule has 1 atom stereocenters. The van der Waals surface area contributed by atoms with Crippen LogP contribution in [0.4, 0.5) is 10.1 Å². The number of rotatable bonds is 4. The molecular weight excluding hydrogens is 315 g/mol. The summed E-state index contributed by atoms with van der Waals surface area (Å²) in [6.45, 7) is 3.01. The summed E-state index contributed by atoms with van der Waals surface area (Å²) < 4.78 is 22.5. The molecular formula is C15H13FN6O2. The van der Waals surface area contributed by atoms with Gasteiger partial charge in [0.05, 0.1) is 5.69 Å². The second-order valence-electron chi connectivity index (χ2n) is 5.12. The number of anilines is 1. The maximum absolute atomic E-state index is 13.0. The van der Waals surface area contributed by atoms with E-state index in [-0.39, 0.29) is 11.4 Å². The van der Waals surface area contributed by atoms with Gasteiger partial charge in [-0.1, -0.05) is 0 Å². The highest BCUT2D eigenvalue weighted by atomic mass is 19.1. The Morgan fingerprint density at radius 3 is 2.88 bits per heavy atom. The van der Waals surface area contributed by atoms with E-state index in [0.717, 1.165) is 0 Å². The molecule has 3 aromatic rings. The number of hydrogen-bond acceptors (Lipinski definition) is 8. The SMILES string of the molecule is Cc1nc2nonc2c(N)c1Cc1ccc(OC(C)F)c(C#N)n1. The van der Waals surface area contributed by atoms with Crippen LogP contribution in [0.3, 0.4) is 0 Å². The first-order chi connectivity index (χ1) is 11.5. The number of nitrogen functional groups attached to an aromatic ring is 1. The van der Waals surface area contributed by atoms with E-state index in [1.54, 1.807) is 13.0 Å². The van der Waals surface area contributed by atoms with Gasteiger partial charge in [0.1, 0.15) is 6.07 Å². The van der Waals surface area contributed by atoms with Gasteiger partial charge in [0, 0.05) is 30.3 Å². The monoisotopic (exact) mass is 328 g/mol. The average Bonchev–Trinajstić information content (AvgIpc) is 3.00. The Balaban J connectivity index is 1.98. The van der Waals surface area contributed by atoms with Crippen LogP contribution in [0.2, 0.25) is 0 Å². The molecule has 3 heterocycles. The van der Waals surface area contributed by atoms with E-state index in [1.807, 2.05) is 6.07 Å². The molecule has 3 aromatic heterocycles. The van der Waals surface area contributed by atoms with Crippen molar-refractivity contribution in [1.29, 1.82) is 5.26 Å². The maximum atomic E-state index is 13.0. The van der Waals surface area contributed by atoms with Crippen molar-refractivity contribution in [3.05, 3.63) is 34.8 Å². The number of nitrogens with two attached hydrogens (primary N) is 1. The predicted molar refractivity (Wildman–Crippen MR) is 81.7 cm³/mol. The average molecular weight is 328 g/mol. The van der Waals surface area contributed by atoms with Gasteiger partial charge in [-0.3, -0.25) is 0 Å². The summed E-state index contributed by atoms with van der Waals surface area (Å²) in [5.41, 5.74) is 9.16. The second-order valence-corrected chi connectivity index (χ2v) is 5.12. The van der Waals surface area contributed by atoms with Crippen LogP contribution in [-0.2, 0) is 6.42 Å². The third-order valence-corrected chi connectivity index (χ3v) is 3.43. The summed E-state index contributed by atoms with van der Waals surface area (Å²) in [4.78, 5) is 8.47. The molecule has 0 aliphatic carbocycles. The van der Waals surface area contributed by atoms with Crippen molar-refractivity contribution in [2.45, 2.75) is 26.6 Å². The fourth-order valence-electron chi connectivity index (χ4n) is 2.33. The van der Waals surface area contributed by atoms with Crippen molar-refractivity contribution >= 4 is 16.9 Å². The first-order valence-corrected chi connectivity index (χ1v) is 7.07. The van der Waals surface area contributed by atoms with Gasteiger partial charge in [-0.25, -0.2) is 19.0 Å². The lowest BCUT2D eigenvalue weighted by Gasteiger charge is -2.11. The van der Waals surface area contributed by atoms with Gasteiger partial charge >= 0.3 is 0 Å². The van der Waals surface area contributed by atoms with E-state index in [2.05, 4.69) is 24.9 Å². The largest absolute Gasteiger partial charge is 0.458 e. The van der Waals surface area contributed by atoms with Gasteiger partial charge in [-0.15, -0.1) is 0 Å². The van der Waals surface area contributed by atoms with Crippen LogP contribution in [0.5, 0.6) is 5.75 Å². The lowest BCUT2D eigenvalue weighted by Crippen LogP contribution is -2.08. The number of nitrogens with zero attached hydrogens (tertiary/aromatic N) is 5. The second kappa shape index (κ2) is 6.08. The van der Waals surface area contributed by atoms with E-state index in [0.29, 0.717) is 40.2 Å². The van der Waals surface area contributed by atoms with E-state index in [9.17, 15) is 4.39 Å². The Morgan fingerprint density at radius 1 is 1.38 bits per heavy atom. The Hall–Kier alpha value is -3.28. The summed E-state index contributed by atoms with van der Waals surface area (Å²) in [6.07, 6.45) is -1.21. The molecule has 0 spiro atoms. The first-order valence-electron chi connectivity index (χ1n) is 7.07. The van der Waals surface area contributed by atoms with Crippen molar-refractivity contribution in [2.75, 3.05) is 5.73 Å². The van der Waals surface area contributed by atoms with E-state index in [4.69, 9.17) is 15.7 Å². The molecule has 0 fully saturated rings. The number of hydrogen-bond donors (Lipinski definition) is 1. The lowest BCUT2D eigenvalue weighted by atomic mass is 10.0. The summed E-state index contributed by atoms with van der Waals surface area (Å²) >= 11 is 0. The zero-order valence-corrected chi connectivity index (χ0v) is 12.9. The van der Waals surface area contributed by atoms with E-state index >= 15 is 0 Å². The van der Waals surface area contributed by atoms with Crippen LogP contribution >= 0.6 is 0 Å². The van der Waals surface area contributed by atoms with Crippen LogP contribution < -0.4 is 10.5 Å². The molecule has 0 saturated heterocycles. The minimum atomic E-state index is -1.53. The van der Waals surface area contributed by atoms with Crippen molar-refractivity contribution in [2.24, 2.45) is 0 Å². The Kier molecular flexibility index (Phi) is 3.95. The minimum absolute atomic E-state index is 0.00497. The van der Waals surface area contributed by atoms with Crippen LogP contribution in [0.25, 0.3) is 11.2 Å². The molecule has 9 heteroatoms. The van der Waals surface area contributed by atoms with Gasteiger partial charge in [-0.05, 0) is 29.4 Å². The number of pyridine rings is 2. The topological polar surface area (TPSA) is 124 Å². The normalized spacial score (nSPS) is 12.1. The van der Waals surface area contributed by atoms with E-state index in [1.165, 1.54) is 13.0 Å². The smallest absolute Gasteiger partial charge is 0.235 e. The van der Waals surface area contributed by atoms with Crippen LogP contribution in [0.1, 0.15) is 29.6 Å². The molecule has 0 aromatic carbocycles. The van der Waals surface area contributed by atoms with Gasteiger partial charge in [-0.2, -0.15) is 5.26 Å². The van der Waals surface area contributed by atoms with Gasteiger partial charge in [0.15, 0.2) is 17.0 Å². The maximum Gasteiger partial charge on any atom is 0.235 e. The van der Waals surface area contributed by atoms with Crippen LogP contribution in [0.15, 0.2) is 16.8 Å². The first kappa shape index (κ1) is 15.6. The molecule has 0 radical (unpaired) electrons. The number of ether oxygens (including phenoxy) is 1. The molecule has 24 heavy (non-hydrogen) atoms. The molecule has 0 bridgehead atoms. The molecule has 2 N–H and O–H groups in total. The Bertz CT molecular complexity index is 947. The van der Waals surface area contributed by atoms with Crippen molar-refractivity contribution < 1.29 is 13.8 Å². The minimum Gasteiger partial charge on any atom is -0.458 e. The van der Waals surface area contributed by atoms with Gasteiger partial charge < -0.3 is 10.5 Å². The zero-order valence-electron chi connectivity index (χ0n) is 12.9. The van der Waals surface area contributed by atoms with Crippen LogP contribution in [0, 0.1) is 18.3 Å². The summed E-state index contributed by atoms with van der Waals surface area (Å²) in [7, 11) is 0. The fraction of sp³-hybridized carbons (Fsp3) is 0.267. The number of aromatic nitrogens is 4. The standard InChI is InChI=1S/C15H13FN6O2/c1-7-10(13(18)14-15(19-7)22-24-21-14)5-9-3-4-12(23-8(2)16)11(6-17)20-9/h3-4,8H,5,18H2,1-2H3. The number of alkyl halides is 1. The molecule has 1 unspecified atom stereocenters. The number of aryl methyl sites for hydroxylation is 1. The predicted octanol–water partition coefficient (Wildman–Crippen LogP) is 2.06. The van der Waals surface area contributed by atoms with Crippen molar-refractivity contribution in [3.8, 4) is 11.8 Å². The lowest BCUT2D eigenvalue weighted by molar-refractivity contribution is 0.0852. The van der Waals surface area contributed by atoms with Crippen LogP contribution in [-0.4, -0.2) is 26.6 Å². The molecule has 0 aliphatic rings. The summed E-state index contributed by atoms with van der Waals surface area (Å²) in [6, 6.07) is 5.04. The number of nitriles is 1. The molecule has 3 rings (SSSR count). The highest BCUT2D eigenvalue weighted by Gasteiger charge is 2.16. The quantitative estimate of drug-likeness (QED) is 0.771. The number of fused-ring (bicyclic) bond motifs is 1. The summed E-state index contributed by atoms with van der Waals surface area (Å²) in [5, 5.41) is 16.6. The van der Waals surface area contributed by atoms with Gasteiger partial charge in [0.2, 0.25) is 12.0 Å². The third kappa shape index (κ3) is 2.81. The Morgan fingerprint density at radius 2 is 2.17 bits per heavy atom.